The summed E-state index contributed by atoms with van der Waals surface area (Å²) < 4.78 is 41.4. The molecule has 1 aliphatic heterocycles. The Kier molecular flexibility index (Phi) is 9.05. The summed E-state index contributed by atoms with van der Waals surface area (Å²) in [5.41, 5.74) is 2.86. The molecule has 3 N–H and O–H groups in total. The van der Waals surface area contributed by atoms with Gasteiger partial charge in [0.25, 0.3) is 5.92 Å². The van der Waals surface area contributed by atoms with E-state index in [2.05, 4.69) is 20.8 Å². The molecule has 1 aromatic carbocycles. The summed E-state index contributed by atoms with van der Waals surface area (Å²) in [5, 5.41) is 20.3. The van der Waals surface area contributed by atoms with Gasteiger partial charge in [0.15, 0.2) is 5.82 Å². The number of aryl methyl sites for hydroxylation is 2. The molecule has 0 spiro atoms. The van der Waals surface area contributed by atoms with Crippen molar-refractivity contribution in [2.45, 2.75) is 52.2 Å². The fourth-order valence-corrected chi connectivity index (χ4v) is 4.92. The average molecular weight is 565 g/mol. The minimum atomic E-state index is -2.95. The number of aliphatic hydroxyl groups excluding tert-OH is 1. The number of hydrogen-bond donors (Lipinski definition) is 3. The zero-order chi connectivity index (χ0) is 28.3. The summed E-state index contributed by atoms with van der Waals surface area (Å²) in [4.78, 5) is 11.2. The maximum absolute atomic E-state index is 15.1. The van der Waals surface area contributed by atoms with Gasteiger partial charge in [0.2, 0.25) is 0 Å². The maximum atomic E-state index is 15.1. The van der Waals surface area contributed by atoms with Crippen LogP contribution in [0.3, 0.4) is 0 Å². The van der Waals surface area contributed by atoms with Crippen molar-refractivity contribution < 1.29 is 23.1 Å². The normalized spacial score (nSPS) is 18.2. The summed E-state index contributed by atoms with van der Waals surface area (Å²) in [7, 11) is 1.74. The predicted octanol–water partition coefficient (Wildman–Crippen LogP) is 4.48. The molecule has 2 aromatic heterocycles. The minimum Gasteiger partial charge on any atom is -0.491 e. The van der Waals surface area contributed by atoms with Gasteiger partial charge in [-0.25, -0.2) is 18.7 Å². The molecule has 0 radical (unpaired) electrons. The summed E-state index contributed by atoms with van der Waals surface area (Å²) in [6.45, 7) is 8.49. The largest absolute Gasteiger partial charge is 0.491 e. The van der Waals surface area contributed by atoms with E-state index in [9.17, 15) is 5.11 Å². The Morgan fingerprint density at radius 1 is 1.28 bits per heavy atom. The third-order valence-corrected chi connectivity index (χ3v) is 7.24. The van der Waals surface area contributed by atoms with Gasteiger partial charge in [-0.05, 0) is 59.0 Å². The number of aliphatic hydroxyl groups is 1. The zero-order valence-electron chi connectivity index (χ0n) is 22.8. The highest BCUT2D eigenvalue weighted by Gasteiger charge is 2.44. The number of aromatic nitrogens is 3. The number of anilines is 1. The van der Waals surface area contributed by atoms with Gasteiger partial charge >= 0.3 is 0 Å². The van der Waals surface area contributed by atoms with E-state index in [1.807, 2.05) is 6.92 Å². The second-order valence-corrected chi connectivity index (χ2v) is 10.3. The minimum absolute atomic E-state index is 0.0688. The molecule has 1 saturated heterocycles. The molecule has 3 aromatic rings. The number of halogens is 3. The number of piperidine rings is 1. The smallest absolute Gasteiger partial charge is 0.280 e. The first-order valence-electron chi connectivity index (χ1n) is 13.0. The van der Waals surface area contributed by atoms with Crippen molar-refractivity contribution in [2.24, 2.45) is 0 Å². The van der Waals surface area contributed by atoms with E-state index < -0.39 is 18.1 Å². The van der Waals surface area contributed by atoms with Crippen LogP contribution in [-0.2, 0) is 0 Å². The SMILES string of the molecule is CCN1CCC(Nc2nc(-c3cc(OC[C@H](O)CNC)ccc3Cl)nc(-c3c(C)noc3C)c2C)C(F)(F)C1. The van der Waals surface area contributed by atoms with E-state index in [-0.39, 0.29) is 31.2 Å². The standard InChI is InChI=1S/C27H35ClF2N6O3/c1-6-36-10-9-22(27(29,30)14-36)32-25-15(2)24(23-16(3)35-39-17(23)4)33-26(34-25)20-11-19(7-8-21(20)28)38-13-18(37)12-31-5/h7-8,11,18,22,31,37H,6,9-10,12-14H2,1-5H3,(H,32,33,34)/t18-,22?/m1/s1. The van der Waals surface area contributed by atoms with Crippen LogP contribution in [0.25, 0.3) is 22.6 Å². The third-order valence-electron chi connectivity index (χ3n) is 6.91. The van der Waals surface area contributed by atoms with Crippen molar-refractivity contribution in [3.63, 3.8) is 0 Å². The van der Waals surface area contributed by atoms with Crippen molar-refractivity contribution in [3.05, 3.63) is 40.2 Å². The van der Waals surface area contributed by atoms with Crippen molar-refractivity contribution in [2.75, 3.05) is 45.2 Å². The third kappa shape index (κ3) is 6.49. The molecule has 1 fully saturated rings. The molecular formula is C27H35ClF2N6O3. The fourth-order valence-electron chi connectivity index (χ4n) is 4.72. The molecule has 1 unspecified atom stereocenters. The summed E-state index contributed by atoms with van der Waals surface area (Å²) in [5.74, 6) is -1.42. The molecular weight excluding hydrogens is 530 g/mol. The lowest BCUT2D eigenvalue weighted by Crippen LogP contribution is -2.54. The van der Waals surface area contributed by atoms with Crippen LogP contribution in [-0.4, -0.2) is 83.0 Å². The molecule has 0 aliphatic carbocycles. The van der Waals surface area contributed by atoms with E-state index in [1.54, 1.807) is 50.9 Å². The lowest BCUT2D eigenvalue weighted by atomic mass is 9.99. The number of nitrogens with zero attached hydrogens (tertiary/aromatic N) is 4. The van der Waals surface area contributed by atoms with Gasteiger partial charge in [-0.15, -0.1) is 0 Å². The van der Waals surface area contributed by atoms with Gasteiger partial charge in [-0.2, -0.15) is 0 Å². The van der Waals surface area contributed by atoms with Gasteiger partial charge in [0, 0.05) is 24.2 Å². The second kappa shape index (κ2) is 12.1. The summed E-state index contributed by atoms with van der Waals surface area (Å²) in [6, 6.07) is 3.91. The molecule has 12 heteroatoms. The highest BCUT2D eigenvalue weighted by Crippen LogP contribution is 2.37. The van der Waals surface area contributed by atoms with E-state index >= 15 is 8.78 Å². The first-order chi connectivity index (χ1) is 18.5. The van der Waals surface area contributed by atoms with Crippen molar-refractivity contribution in [1.82, 2.24) is 25.3 Å². The Hall–Kier alpha value is -2.86. The second-order valence-electron chi connectivity index (χ2n) is 9.85. The molecule has 0 amide bonds. The van der Waals surface area contributed by atoms with Gasteiger partial charge in [0.05, 0.1) is 34.6 Å². The Morgan fingerprint density at radius 3 is 2.69 bits per heavy atom. The van der Waals surface area contributed by atoms with E-state index in [0.717, 1.165) is 0 Å². The molecule has 9 nitrogen and oxygen atoms in total. The van der Waals surface area contributed by atoms with Gasteiger partial charge in [-0.1, -0.05) is 23.7 Å². The fraction of sp³-hybridized carbons (Fsp3) is 0.519. The number of rotatable bonds is 10. The average Bonchev–Trinajstić information content (AvgIpc) is 3.23. The van der Waals surface area contributed by atoms with Crippen LogP contribution in [0.4, 0.5) is 14.6 Å². The molecule has 2 atom stereocenters. The zero-order valence-corrected chi connectivity index (χ0v) is 23.6. The van der Waals surface area contributed by atoms with E-state index in [1.165, 1.54) is 0 Å². The first-order valence-corrected chi connectivity index (χ1v) is 13.4. The van der Waals surface area contributed by atoms with Crippen LogP contribution < -0.4 is 15.4 Å². The van der Waals surface area contributed by atoms with Gasteiger partial charge < -0.3 is 25.0 Å². The van der Waals surface area contributed by atoms with Crippen LogP contribution in [0.5, 0.6) is 5.75 Å². The van der Waals surface area contributed by atoms with Crippen LogP contribution in [0.2, 0.25) is 5.02 Å². The van der Waals surface area contributed by atoms with Gasteiger partial charge in [-0.3, -0.25) is 4.90 Å². The number of nitrogens with one attached hydrogen (secondary N) is 2. The van der Waals surface area contributed by atoms with Crippen molar-refractivity contribution in [1.29, 1.82) is 0 Å². The van der Waals surface area contributed by atoms with Crippen LogP contribution in [0.1, 0.15) is 30.4 Å². The predicted molar refractivity (Wildman–Crippen MR) is 147 cm³/mol. The highest BCUT2D eigenvalue weighted by atomic mass is 35.5. The lowest BCUT2D eigenvalue weighted by molar-refractivity contribution is -0.0725. The number of ether oxygens (including phenoxy) is 1. The molecule has 39 heavy (non-hydrogen) atoms. The highest BCUT2D eigenvalue weighted by molar-refractivity contribution is 6.33. The maximum Gasteiger partial charge on any atom is 0.280 e. The first kappa shape index (κ1) is 29.1. The number of benzene rings is 1. The topological polar surface area (TPSA) is 109 Å². The van der Waals surface area contributed by atoms with Gasteiger partial charge in [0.1, 0.15) is 30.0 Å². The van der Waals surface area contributed by atoms with Crippen LogP contribution >= 0.6 is 11.6 Å². The van der Waals surface area contributed by atoms with E-state index in [0.29, 0.717) is 64.2 Å². The van der Waals surface area contributed by atoms with Crippen LogP contribution in [0, 0.1) is 20.8 Å². The molecule has 3 heterocycles. The Bertz CT molecular complexity index is 1290. The number of likely N-dealkylation sites (tertiary alicyclic amines) is 1. The molecule has 4 rings (SSSR count). The molecule has 1 aliphatic rings. The molecule has 0 bridgehead atoms. The Morgan fingerprint density at radius 2 is 2.05 bits per heavy atom. The summed E-state index contributed by atoms with van der Waals surface area (Å²) in [6.07, 6.45) is -0.438. The van der Waals surface area contributed by atoms with Crippen LogP contribution in [0.15, 0.2) is 22.7 Å². The number of likely N-dealkylation sites (N-methyl/N-ethyl adjacent to an activating group) is 1. The summed E-state index contributed by atoms with van der Waals surface area (Å²) >= 11 is 6.57. The Balaban J connectivity index is 1.77. The lowest BCUT2D eigenvalue weighted by Gasteiger charge is -2.38. The monoisotopic (exact) mass is 564 g/mol. The van der Waals surface area contributed by atoms with Crippen molar-refractivity contribution >= 4 is 17.4 Å². The molecule has 0 saturated carbocycles. The van der Waals surface area contributed by atoms with E-state index in [4.69, 9.17) is 25.8 Å². The van der Waals surface area contributed by atoms with Crippen molar-refractivity contribution in [3.8, 4) is 28.4 Å². The quantitative estimate of drug-likeness (QED) is 0.328. The number of alkyl halides is 2. The Labute approximate surface area is 231 Å². The molecule has 212 valence electrons. The number of hydrogen-bond acceptors (Lipinski definition) is 9.